The second-order valence-electron chi connectivity index (χ2n) is 3.20. The van der Waals surface area contributed by atoms with Gasteiger partial charge in [0.2, 0.25) is 10.0 Å². The number of hydrogen-bond donors (Lipinski definition) is 4. The first-order chi connectivity index (χ1) is 7.83. The predicted octanol–water partition coefficient (Wildman–Crippen LogP) is -1.25. The SMILES string of the molecule is O=S(=O)(CCCCCOCS(=O)(=O)NO)NO. The molecule has 0 saturated carbocycles. The van der Waals surface area contributed by atoms with Crippen LogP contribution in [0.3, 0.4) is 0 Å². The van der Waals surface area contributed by atoms with Crippen LogP contribution in [0, 0.1) is 0 Å². The highest BCUT2D eigenvalue weighted by molar-refractivity contribution is 7.89. The van der Waals surface area contributed by atoms with Crippen molar-refractivity contribution < 1.29 is 32.0 Å². The zero-order valence-corrected chi connectivity index (χ0v) is 10.6. The number of nitrogens with one attached hydrogen (secondary N) is 2. The summed E-state index contributed by atoms with van der Waals surface area (Å²) < 4.78 is 47.5. The Kier molecular flexibility index (Phi) is 7.78. The summed E-state index contributed by atoms with van der Waals surface area (Å²) in [6, 6.07) is 0. The fourth-order valence-corrected chi connectivity index (χ4v) is 1.98. The Labute approximate surface area is 99.8 Å². The molecule has 0 fully saturated rings. The van der Waals surface area contributed by atoms with E-state index in [9.17, 15) is 16.8 Å². The second-order valence-corrected chi connectivity index (χ2v) is 6.67. The van der Waals surface area contributed by atoms with Gasteiger partial charge in [-0.2, -0.15) is 0 Å². The molecule has 0 spiro atoms. The van der Waals surface area contributed by atoms with E-state index in [1.54, 1.807) is 0 Å². The van der Waals surface area contributed by atoms with Crippen LogP contribution in [0.2, 0.25) is 0 Å². The second kappa shape index (κ2) is 7.92. The maximum atomic E-state index is 10.8. The third-order valence-corrected chi connectivity index (χ3v) is 3.58. The van der Waals surface area contributed by atoms with Crippen LogP contribution >= 0.6 is 0 Å². The molecule has 104 valence electrons. The van der Waals surface area contributed by atoms with Crippen molar-refractivity contribution in [1.82, 2.24) is 9.77 Å². The van der Waals surface area contributed by atoms with Crippen LogP contribution in [0.1, 0.15) is 19.3 Å². The number of hydrogen-bond acceptors (Lipinski definition) is 7. The molecule has 0 unspecified atom stereocenters. The zero-order chi connectivity index (χ0) is 13.4. The highest BCUT2D eigenvalue weighted by Gasteiger charge is 2.08. The first-order valence-electron chi connectivity index (χ1n) is 4.68. The van der Waals surface area contributed by atoms with Crippen LogP contribution in [0.25, 0.3) is 0 Å². The minimum absolute atomic E-state index is 0.132. The Morgan fingerprint density at radius 2 is 1.47 bits per heavy atom. The average Bonchev–Trinajstić information content (AvgIpc) is 2.27. The molecule has 0 aromatic rings. The van der Waals surface area contributed by atoms with Gasteiger partial charge in [0, 0.05) is 6.61 Å². The summed E-state index contributed by atoms with van der Waals surface area (Å²) >= 11 is 0. The Bertz CT molecular complexity index is 353. The molecule has 11 heteroatoms. The maximum absolute atomic E-state index is 10.8. The van der Waals surface area contributed by atoms with Gasteiger partial charge in [-0.3, -0.25) is 0 Å². The van der Waals surface area contributed by atoms with Crippen molar-refractivity contribution in [2.75, 3.05) is 18.3 Å². The van der Waals surface area contributed by atoms with Crippen LogP contribution in [0.5, 0.6) is 0 Å². The predicted molar refractivity (Wildman–Crippen MR) is 57.2 cm³/mol. The van der Waals surface area contributed by atoms with Crippen molar-refractivity contribution in [2.24, 2.45) is 0 Å². The van der Waals surface area contributed by atoms with Crippen molar-refractivity contribution in [1.29, 1.82) is 0 Å². The van der Waals surface area contributed by atoms with Gasteiger partial charge in [0.15, 0.2) is 5.94 Å². The van der Waals surface area contributed by atoms with Gasteiger partial charge in [-0.05, 0) is 12.8 Å². The molecular weight excluding hydrogens is 276 g/mol. The molecule has 0 rings (SSSR count). The lowest BCUT2D eigenvalue weighted by Crippen LogP contribution is -2.24. The lowest BCUT2D eigenvalue weighted by atomic mass is 10.3. The summed E-state index contributed by atoms with van der Waals surface area (Å²) in [6.45, 7) is 0.132. The smallest absolute Gasteiger partial charge is 0.257 e. The standard InChI is InChI=1S/C6H16N2O7S2/c9-7-16(11,12)5-3-1-2-4-15-6-17(13,14)8-10/h7-10H,1-6H2. The molecule has 4 N–H and O–H groups in total. The number of unbranched alkanes of at least 4 members (excludes halogenated alkanes) is 2. The minimum atomic E-state index is -3.80. The maximum Gasteiger partial charge on any atom is 0.257 e. The van der Waals surface area contributed by atoms with Crippen LogP contribution < -0.4 is 9.77 Å². The fraction of sp³-hybridized carbons (Fsp3) is 1.00. The molecule has 0 amide bonds. The molecule has 0 heterocycles. The monoisotopic (exact) mass is 292 g/mol. The lowest BCUT2D eigenvalue weighted by Gasteiger charge is -2.04. The Morgan fingerprint density at radius 3 is 2.00 bits per heavy atom. The molecule has 0 radical (unpaired) electrons. The molecule has 0 aromatic carbocycles. The van der Waals surface area contributed by atoms with Crippen LogP contribution in [-0.4, -0.2) is 45.5 Å². The van der Waals surface area contributed by atoms with E-state index in [-0.39, 0.29) is 12.4 Å². The van der Waals surface area contributed by atoms with Crippen molar-refractivity contribution in [3.05, 3.63) is 0 Å². The number of rotatable bonds is 10. The number of ether oxygens (including phenoxy) is 1. The Balaban J connectivity index is 3.49. The third kappa shape index (κ3) is 9.41. The van der Waals surface area contributed by atoms with E-state index >= 15 is 0 Å². The van der Waals surface area contributed by atoms with E-state index in [4.69, 9.17) is 15.2 Å². The average molecular weight is 292 g/mol. The summed E-state index contributed by atoms with van der Waals surface area (Å²) in [5, 5.41) is 16.3. The normalized spacial score (nSPS) is 12.8. The number of sulfonamides is 2. The van der Waals surface area contributed by atoms with E-state index in [2.05, 4.69) is 0 Å². The molecule has 9 nitrogen and oxygen atoms in total. The van der Waals surface area contributed by atoms with Gasteiger partial charge in [-0.15, -0.1) is 0 Å². The zero-order valence-electron chi connectivity index (χ0n) is 8.99. The molecule has 17 heavy (non-hydrogen) atoms. The highest BCUT2D eigenvalue weighted by atomic mass is 32.2. The summed E-state index contributed by atoms with van der Waals surface area (Å²) in [7, 11) is -7.41. The molecular formula is C6H16N2O7S2. The van der Waals surface area contributed by atoms with E-state index in [0.29, 0.717) is 19.3 Å². The molecule has 0 atom stereocenters. The van der Waals surface area contributed by atoms with Crippen LogP contribution in [0.15, 0.2) is 0 Å². The molecule has 0 aliphatic heterocycles. The summed E-state index contributed by atoms with van der Waals surface area (Å²) in [6.07, 6.45) is 1.31. The first-order valence-corrected chi connectivity index (χ1v) is 7.98. The largest absolute Gasteiger partial charge is 0.364 e. The third-order valence-electron chi connectivity index (χ3n) is 1.72. The van der Waals surface area contributed by atoms with Gasteiger partial charge in [-0.25, -0.2) is 16.8 Å². The van der Waals surface area contributed by atoms with Gasteiger partial charge >= 0.3 is 0 Å². The topological polar surface area (TPSA) is 142 Å². The van der Waals surface area contributed by atoms with Gasteiger partial charge in [0.25, 0.3) is 10.0 Å². The van der Waals surface area contributed by atoms with Crippen LogP contribution in [0.4, 0.5) is 0 Å². The van der Waals surface area contributed by atoms with Crippen molar-refractivity contribution in [3.63, 3.8) is 0 Å². The highest BCUT2D eigenvalue weighted by Crippen LogP contribution is 1.99. The molecule has 0 bridgehead atoms. The quantitative estimate of drug-likeness (QED) is 0.291. The molecule has 0 aliphatic rings. The van der Waals surface area contributed by atoms with Gasteiger partial charge in [0.1, 0.15) is 0 Å². The summed E-state index contributed by atoms with van der Waals surface area (Å²) in [4.78, 5) is 2.30. The molecule has 0 aromatic heterocycles. The minimum Gasteiger partial charge on any atom is -0.364 e. The fourth-order valence-electron chi connectivity index (χ4n) is 0.914. The Morgan fingerprint density at radius 1 is 0.882 bits per heavy atom. The molecule has 0 aliphatic carbocycles. The van der Waals surface area contributed by atoms with E-state index in [0.717, 1.165) is 4.89 Å². The summed E-state index contributed by atoms with van der Waals surface area (Å²) in [5.41, 5.74) is 0. The van der Waals surface area contributed by atoms with Gasteiger partial charge in [0.05, 0.1) is 5.75 Å². The van der Waals surface area contributed by atoms with Gasteiger partial charge in [-0.1, -0.05) is 16.2 Å². The van der Waals surface area contributed by atoms with Crippen molar-refractivity contribution in [3.8, 4) is 0 Å². The Hall–Kier alpha value is -0.300. The van der Waals surface area contributed by atoms with Crippen LogP contribution in [-0.2, 0) is 24.8 Å². The van der Waals surface area contributed by atoms with E-state index < -0.39 is 26.0 Å². The first kappa shape index (κ1) is 16.7. The van der Waals surface area contributed by atoms with E-state index in [1.807, 2.05) is 0 Å². The molecule has 0 saturated heterocycles. The lowest BCUT2D eigenvalue weighted by molar-refractivity contribution is 0.162. The van der Waals surface area contributed by atoms with E-state index in [1.165, 1.54) is 4.89 Å². The van der Waals surface area contributed by atoms with Crippen molar-refractivity contribution >= 4 is 20.0 Å². The van der Waals surface area contributed by atoms with Gasteiger partial charge < -0.3 is 15.2 Å². The summed E-state index contributed by atoms with van der Waals surface area (Å²) in [5.74, 6) is -0.861. The van der Waals surface area contributed by atoms with Crippen molar-refractivity contribution in [2.45, 2.75) is 19.3 Å².